The molecule has 1 unspecified atom stereocenters. The molecule has 1 aromatic carbocycles. The van der Waals surface area contributed by atoms with Crippen molar-refractivity contribution < 1.29 is 9.53 Å². The number of carbonyl (C=O) groups is 1. The Morgan fingerprint density at radius 1 is 1.53 bits per heavy atom. The number of rotatable bonds is 4. The Balaban J connectivity index is 1.77. The van der Waals surface area contributed by atoms with E-state index in [4.69, 9.17) is 10.5 Å². The molecule has 1 aromatic rings. The van der Waals surface area contributed by atoms with E-state index in [9.17, 15) is 4.79 Å². The number of hydrogen-bond donors (Lipinski definition) is 2. The van der Waals surface area contributed by atoms with E-state index in [0.29, 0.717) is 17.5 Å². The lowest BCUT2D eigenvalue weighted by Gasteiger charge is -2.12. The fourth-order valence-corrected chi connectivity index (χ4v) is 2.83. The summed E-state index contributed by atoms with van der Waals surface area (Å²) in [5.41, 5.74) is 6.26. The highest BCUT2D eigenvalue weighted by Crippen LogP contribution is 2.20. The van der Waals surface area contributed by atoms with Gasteiger partial charge in [-0.3, -0.25) is 4.79 Å². The van der Waals surface area contributed by atoms with E-state index in [1.807, 2.05) is 23.9 Å². The Kier molecular flexibility index (Phi) is 4.14. The lowest BCUT2D eigenvalue weighted by atomic mass is 10.2. The van der Waals surface area contributed by atoms with E-state index in [1.54, 1.807) is 12.1 Å². The summed E-state index contributed by atoms with van der Waals surface area (Å²) in [7, 11) is 0. The van der Waals surface area contributed by atoms with Crippen LogP contribution in [0.2, 0.25) is 0 Å². The second-order valence-corrected chi connectivity index (χ2v) is 5.10. The largest absolute Gasteiger partial charge is 0.482 e. The zero-order chi connectivity index (χ0) is 12.1. The molecule has 1 saturated heterocycles. The van der Waals surface area contributed by atoms with Crippen LogP contribution < -0.4 is 15.8 Å². The first kappa shape index (κ1) is 12.1. The molecule has 1 fully saturated rings. The summed E-state index contributed by atoms with van der Waals surface area (Å²) in [6.45, 7) is 0.0232. The van der Waals surface area contributed by atoms with Gasteiger partial charge < -0.3 is 15.8 Å². The zero-order valence-corrected chi connectivity index (χ0v) is 10.3. The molecule has 1 heterocycles. The predicted molar refractivity (Wildman–Crippen MR) is 70.2 cm³/mol. The van der Waals surface area contributed by atoms with E-state index >= 15 is 0 Å². The minimum absolute atomic E-state index is 0.0232. The van der Waals surface area contributed by atoms with Crippen molar-refractivity contribution in [2.24, 2.45) is 0 Å². The molecular weight excluding hydrogens is 236 g/mol. The molecule has 4 nitrogen and oxygen atoms in total. The van der Waals surface area contributed by atoms with Gasteiger partial charge in [-0.05, 0) is 24.3 Å². The molecule has 1 atom stereocenters. The summed E-state index contributed by atoms with van der Waals surface area (Å²) in [6, 6.07) is 7.47. The maximum absolute atomic E-state index is 11.6. The average Bonchev–Trinajstić information content (AvgIpc) is 2.81. The molecule has 3 N–H and O–H groups in total. The number of nitrogens with two attached hydrogens (primary N) is 1. The fraction of sp³-hybridized carbons (Fsp3) is 0.417. The van der Waals surface area contributed by atoms with Gasteiger partial charge in [0, 0.05) is 11.8 Å². The van der Waals surface area contributed by atoms with Crippen LogP contribution in [0.15, 0.2) is 24.3 Å². The molecule has 17 heavy (non-hydrogen) atoms. The molecule has 0 bridgehead atoms. The highest BCUT2D eigenvalue weighted by Gasteiger charge is 2.17. The van der Waals surface area contributed by atoms with E-state index < -0.39 is 0 Å². The number of thioether (sulfide) groups is 1. The highest BCUT2D eigenvalue weighted by atomic mass is 32.2. The average molecular weight is 252 g/mol. The minimum Gasteiger partial charge on any atom is -0.482 e. The molecule has 0 aliphatic carbocycles. The third-order valence-electron chi connectivity index (χ3n) is 2.57. The SMILES string of the molecule is Nc1ccccc1OCC(=O)NC1CCSC1. The summed E-state index contributed by atoms with van der Waals surface area (Å²) < 4.78 is 5.37. The van der Waals surface area contributed by atoms with Crippen molar-refractivity contribution in [1.29, 1.82) is 0 Å². The zero-order valence-electron chi connectivity index (χ0n) is 9.52. The predicted octanol–water partition coefficient (Wildman–Crippen LogP) is 1.27. The van der Waals surface area contributed by atoms with Crippen LogP contribution in [0, 0.1) is 0 Å². The van der Waals surface area contributed by atoms with Crippen LogP contribution in [0.25, 0.3) is 0 Å². The maximum atomic E-state index is 11.6. The number of nitrogen functional groups attached to an aromatic ring is 1. The smallest absolute Gasteiger partial charge is 0.258 e. The molecule has 0 radical (unpaired) electrons. The van der Waals surface area contributed by atoms with Gasteiger partial charge in [0.05, 0.1) is 5.69 Å². The summed E-state index contributed by atoms with van der Waals surface area (Å²) in [5.74, 6) is 2.60. The van der Waals surface area contributed by atoms with Crippen LogP contribution in [0.1, 0.15) is 6.42 Å². The van der Waals surface area contributed by atoms with Gasteiger partial charge in [0.1, 0.15) is 5.75 Å². The fourth-order valence-electron chi connectivity index (χ4n) is 1.67. The van der Waals surface area contributed by atoms with E-state index in [0.717, 1.165) is 17.9 Å². The molecule has 92 valence electrons. The van der Waals surface area contributed by atoms with E-state index in [-0.39, 0.29) is 12.5 Å². The van der Waals surface area contributed by atoms with Crippen molar-refractivity contribution in [3.63, 3.8) is 0 Å². The molecule has 5 heteroatoms. The Hall–Kier alpha value is -1.36. The number of nitrogens with one attached hydrogen (secondary N) is 1. The van der Waals surface area contributed by atoms with Crippen molar-refractivity contribution in [1.82, 2.24) is 5.32 Å². The van der Waals surface area contributed by atoms with Crippen molar-refractivity contribution in [3.8, 4) is 5.75 Å². The third kappa shape index (κ3) is 3.56. The molecule has 2 rings (SSSR count). The summed E-state index contributed by atoms with van der Waals surface area (Å²) in [4.78, 5) is 11.6. The molecule has 1 amide bonds. The van der Waals surface area contributed by atoms with Gasteiger partial charge in [-0.2, -0.15) is 11.8 Å². The van der Waals surface area contributed by atoms with Crippen LogP contribution in [0.5, 0.6) is 5.75 Å². The second kappa shape index (κ2) is 5.82. The van der Waals surface area contributed by atoms with Crippen molar-refractivity contribution in [2.45, 2.75) is 12.5 Å². The van der Waals surface area contributed by atoms with E-state index in [2.05, 4.69) is 5.32 Å². The number of hydrogen-bond acceptors (Lipinski definition) is 4. The first-order valence-corrected chi connectivity index (χ1v) is 6.75. The Labute approximate surface area is 105 Å². The number of benzene rings is 1. The summed E-state index contributed by atoms with van der Waals surface area (Å²) in [5, 5.41) is 2.94. The van der Waals surface area contributed by atoms with Gasteiger partial charge in [0.25, 0.3) is 5.91 Å². The van der Waals surface area contributed by atoms with Gasteiger partial charge in [-0.15, -0.1) is 0 Å². The standard InChI is InChI=1S/C12H16N2O2S/c13-10-3-1-2-4-11(10)16-7-12(15)14-9-5-6-17-8-9/h1-4,9H,5-8,13H2,(H,14,15). The van der Waals surface area contributed by atoms with Crippen LogP contribution in [-0.4, -0.2) is 30.1 Å². The van der Waals surface area contributed by atoms with Crippen LogP contribution >= 0.6 is 11.8 Å². The minimum atomic E-state index is -0.0826. The summed E-state index contributed by atoms with van der Waals surface area (Å²) >= 11 is 1.87. The molecule has 0 aromatic heterocycles. The first-order chi connectivity index (χ1) is 8.25. The molecule has 1 aliphatic heterocycles. The van der Waals surface area contributed by atoms with Crippen molar-refractivity contribution in [3.05, 3.63) is 24.3 Å². The normalized spacial score (nSPS) is 18.9. The van der Waals surface area contributed by atoms with Gasteiger partial charge in [0.15, 0.2) is 6.61 Å². The molecular formula is C12H16N2O2S. The third-order valence-corrected chi connectivity index (χ3v) is 3.74. The van der Waals surface area contributed by atoms with Crippen LogP contribution in [-0.2, 0) is 4.79 Å². The number of ether oxygens (including phenoxy) is 1. The number of carbonyl (C=O) groups excluding carboxylic acids is 1. The molecule has 0 saturated carbocycles. The van der Waals surface area contributed by atoms with Gasteiger partial charge in [-0.25, -0.2) is 0 Å². The van der Waals surface area contributed by atoms with Gasteiger partial charge in [0.2, 0.25) is 0 Å². The highest BCUT2D eigenvalue weighted by molar-refractivity contribution is 7.99. The van der Waals surface area contributed by atoms with Gasteiger partial charge >= 0.3 is 0 Å². The lowest BCUT2D eigenvalue weighted by molar-refractivity contribution is -0.123. The second-order valence-electron chi connectivity index (χ2n) is 3.95. The quantitative estimate of drug-likeness (QED) is 0.792. The van der Waals surface area contributed by atoms with E-state index in [1.165, 1.54) is 0 Å². The number of anilines is 1. The molecule has 0 spiro atoms. The lowest BCUT2D eigenvalue weighted by Crippen LogP contribution is -2.37. The monoisotopic (exact) mass is 252 g/mol. The van der Waals surface area contributed by atoms with Crippen molar-refractivity contribution in [2.75, 3.05) is 23.8 Å². The Morgan fingerprint density at radius 2 is 2.35 bits per heavy atom. The number of amides is 1. The Bertz CT molecular complexity index is 392. The van der Waals surface area contributed by atoms with Crippen LogP contribution in [0.4, 0.5) is 5.69 Å². The summed E-state index contributed by atoms with van der Waals surface area (Å²) in [6.07, 6.45) is 1.05. The molecule has 1 aliphatic rings. The number of para-hydroxylation sites is 2. The van der Waals surface area contributed by atoms with Crippen molar-refractivity contribution >= 4 is 23.4 Å². The first-order valence-electron chi connectivity index (χ1n) is 5.60. The van der Waals surface area contributed by atoms with Crippen LogP contribution in [0.3, 0.4) is 0 Å². The Morgan fingerprint density at radius 3 is 3.06 bits per heavy atom. The topological polar surface area (TPSA) is 64.3 Å². The maximum Gasteiger partial charge on any atom is 0.258 e. The van der Waals surface area contributed by atoms with Gasteiger partial charge in [-0.1, -0.05) is 12.1 Å².